The Morgan fingerprint density at radius 1 is 1.41 bits per heavy atom. The zero-order valence-corrected chi connectivity index (χ0v) is 11.2. The van der Waals surface area contributed by atoms with Gasteiger partial charge in [0, 0.05) is 12.5 Å². The molecule has 1 heterocycles. The van der Waals surface area contributed by atoms with Crippen LogP contribution in [0.15, 0.2) is 0 Å². The summed E-state index contributed by atoms with van der Waals surface area (Å²) in [6.45, 7) is 7.51. The van der Waals surface area contributed by atoms with E-state index >= 15 is 0 Å². The van der Waals surface area contributed by atoms with Crippen LogP contribution in [0.4, 0.5) is 0 Å². The Morgan fingerprint density at radius 3 is 2.76 bits per heavy atom. The van der Waals surface area contributed by atoms with Gasteiger partial charge < -0.3 is 10.6 Å². The van der Waals surface area contributed by atoms with Gasteiger partial charge in [-0.3, -0.25) is 4.79 Å². The Morgan fingerprint density at radius 2 is 2.12 bits per heavy atom. The summed E-state index contributed by atoms with van der Waals surface area (Å²) >= 11 is 0. The van der Waals surface area contributed by atoms with E-state index in [-0.39, 0.29) is 0 Å². The fraction of sp³-hybridized carbons (Fsp3) is 0.929. The molecule has 2 fully saturated rings. The number of nitrogens with one attached hydrogen (secondary N) is 2. The molecule has 2 rings (SSSR count). The molecule has 0 aromatic rings. The molecule has 1 saturated carbocycles. The van der Waals surface area contributed by atoms with Crippen molar-refractivity contribution in [3.63, 3.8) is 0 Å². The van der Waals surface area contributed by atoms with Gasteiger partial charge >= 0.3 is 0 Å². The summed E-state index contributed by atoms with van der Waals surface area (Å²) in [6.07, 6.45) is 5.84. The number of hydrogen-bond donors (Lipinski definition) is 2. The molecular formula is C14H26N2O. The van der Waals surface area contributed by atoms with E-state index in [1.807, 2.05) is 0 Å². The first kappa shape index (κ1) is 12.9. The largest absolute Gasteiger partial charge is 0.356 e. The van der Waals surface area contributed by atoms with Gasteiger partial charge in [-0.1, -0.05) is 13.8 Å². The molecule has 3 heteroatoms. The summed E-state index contributed by atoms with van der Waals surface area (Å²) in [4.78, 5) is 12.0. The van der Waals surface area contributed by atoms with E-state index in [0.717, 1.165) is 38.4 Å². The molecule has 1 saturated heterocycles. The lowest BCUT2D eigenvalue weighted by Gasteiger charge is -2.23. The highest BCUT2D eigenvalue weighted by Crippen LogP contribution is 2.58. The maximum Gasteiger partial charge on any atom is 0.223 e. The molecule has 2 aliphatic rings. The zero-order valence-electron chi connectivity index (χ0n) is 11.2. The first-order valence-corrected chi connectivity index (χ1v) is 7.12. The third kappa shape index (κ3) is 3.21. The van der Waals surface area contributed by atoms with Crippen LogP contribution < -0.4 is 10.6 Å². The van der Waals surface area contributed by atoms with Gasteiger partial charge in [0.2, 0.25) is 5.91 Å². The molecule has 2 N–H and O–H groups in total. The van der Waals surface area contributed by atoms with Gasteiger partial charge in [-0.25, -0.2) is 0 Å². The molecule has 1 aliphatic carbocycles. The van der Waals surface area contributed by atoms with Crippen molar-refractivity contribution in [1.82, 2.24) is 10.6 Å². The van der Waals surface area contributed by atoms with E-state index < -0.39 is 0 Å². The zero-order chi connectivity index (χ0) is 12.3. The Kier molecular flexibility index (Phi) is 4.08. The maximum absolute atomic E-state index is 12.0. The smallest absolute Gasteiger partial charge is 0.223 e. The minimum absolute atomic E-state index is 0.315. The Bertz CT molecular complexity index is 269. The lowest BCUT2D eigenvalue weighted by molar-refractivity contribution is -0.123. The average molecular weight is 238 g/mol. The van der Waals surface area contributed by atoms with E-state index in [4.69, 9.17) is 0 Å². The van der Waals surface area contributed by atoms with Crippen LogP contribution in [0.2, 0.25) is 0 Å². The van der Waals surface area contributed by atoms with E-state index in [1.165, 1.54) is 19.3 Å². The van der Waals surface area contributed by atoms with Gasteiger partial charge in [0.05, 0.1) is 0 Å². The number of rotatable bonds is 5. The van der Waals surface area contributed by atoms with Gasteiger partial charge in [-0.05, 0) is 56.5 Å². The topological polar surface area (TPSA) is 41.1 Å². The lowest BCUT2D eigenvalue weighted by Crippen LogP contribution is -2.34. The molecule has 1 atom stereocenters. The second kappa shape index (κ2) is 5.38. The van der Waals surface area contributed by atoms with Crippen LogP contribution in [0.25, 0.3) is 0 Å². The van der Waals surface area contributed by atoms with Crippen LogP contribution in [-0.2, 0) is 4.79 Å². The summed E-state index contributed by atoms with van der Waals surface area (Å²) < 4.78 is 0. The monoisotopic (exact) mass is 238 g/mol. The van der Waals surface area contributed by atoms with E-state index in [2.05, 4.69) is 24.5 Å². The van der Waals surface area contributed by atoms with E-state index in [1.54, 1.807) is 0 Å². The number of piperidine rings is 1. The fourth-order valence-corrected chi connectivity index (χ4v) is 3.04. The molecule has 1 spiro atoms. The molecule has 17 heavy (non-hydrogen) atoms. The minimum atomic E-state index is 0.315. The molecule has 3 nitrogen and oxygen atoms in total. The van der Waals surface area contributed by atoms with E-state index in [9.17, 15) is 4.79 Å². The molecule has 98 valence electrons. The predicted octanol–water partition coefficient (Wildman–Crippen LogP) is 1.93. The number of amides is 1. The van der Waals surface area contributed by atoms with E-state index in [0.29, 0.717) is 17.2 Å². The van der Waals surface area contributed by atoms with Crippen molar-refractivity contribution in [3.05, 3.63) is 0 Å². The van der Waals surface area contributed by atoms with Gasteiger partial charge in [0.1, 0.15) is 0 Å². The van der Waals surface area contributed by atoms with Crippen LogP contribution in [-0.4, -0.2) is 25.5 Å². The molecule has 1 amide bonds. The number of carbonyl (C=O) groups excluding carboxylic acids is 1. The molecular weight excluding hydrogens is 212 g/mol. The highest BCUT2D eigenvalue weighted by atomic mass is 16.2. The van der Waals surface area contributed by atoms with Crippen molar-refractivity contribution < 1.29 is 4.79 Å². The SMILES string of the molecule is CC(C)CCCNC(=O)C1CC12CCNCC2. The number of hydrogen-bond acceptors (Lipinski definition) is 2. The third-order valence-electron chi connectivity index (χ3n) is 4.36. The molecule has 0 bridgehead atoms. The summed E-state index contributed by atoms with van der Waals surface area (Å²) in [5, 5.41) is 6.49. The summed E-state index contributed by atoms with van der Waals surface area (Å²) in [6, 6.07) is 0. The maximum atomic E-state index is 12.0. The van der Waals surface area contributed by atoms with Gasteiger partial charge in [0.15, 0.2) is 0 Å². The standard InChI is InChI=1S/C14H26N2O/c1-11(2)4-3-7-16-13(17)12-10-14(12)5-8-15-9-6-14/h11-12,15H,3-10H2,1-2H3,(H,16,17). The first-order chi connectivity index (χ1) is 8.14. The molecule has 1 aliphatic heterocycles. The number of carbonyl (C=O) groups is 1. The highest BCUT2D eigenvalue weighted by molar-refractivity contribution is 5.82. The van der Waals surface area contributed by atoms with Crippen molar-refractivity contribution in [1.29, 1.82) is 0 Å². The van der Waals surface area contributed by atoms with Crippen molar-refractivity contribution >= 4 is 5.91 Å². The second-order valence-corrected chi connectivity index (χ2v) is 6.20. The normalized spacial score (nSPS) is 26.2. The van der Waals surface area contributed by atoms with Crippen LogP contribution in [0, 0.1) is 17.3 Å². The Balaban J connectivity index is 1.65. The Hall–Kier alpha value is -0.570. The van der Waals surface area contributed by atoms with Crippen molar-refractivity contribution in [2.24, 2.45) is 17.3 Å². The molecule has 0 aromatic heterocycles. The average Bonchev–Trinajstić information content (AvgIpc) is 2.99. The Labute approximate surface area is 105 Å². The van der Waals surface area contributed by atoms with Crippen molar-refractivity contribution in [3.8, 4) is 0 Å². The minimum Gasteiger partial charge on any atom is -0.356 e. The quantitative estimate of drug-likeness (QED) is 0.719. The van der Waals surface area contributed by atoms with Gasteiger partial charge in [0.25, 0.3) is 0 Å². The third-order valence-corrected chi connectivity index (χ3v) is 4.36. The van der Waals surface area contributed by atoms with Crippen molar-refractivity contribution in [2.75, 3.05) is 19.6 Å². The molecule has 1 unspecified atom stereocenters. The first-order valence-electron chi connectivity index (χ1n) is 7.12. The molecule has 0 radical (unpaired) electrons. The predicted molar refractivity (Wildman–Crippen MR) is 69.7 cm³/mol. The summed E-state index contributed by atoms with van der Waals surface area (Å²) in [5.74, 6) is 1.38. The van der Waals surface area contributed by atoms with Crippen LogP contribution in [0.3, 0.4) is 0 Å². The fourth-order valence-electron chi connectivity index (χ4n) is 3.04. The van der Waals surface area contributed by atoms with Crippen molar-refractivity contribution in [2.45, 2.75) is 46.0 Å². The summed E-state index contributed by atoms with van der Waals surface area (Å²) in [5.41, 5.74) is 0.382. The van der Waals surface area contributed by atoms with Gasteiger partial charge in [-0.15, -0.1) is 0 Å². The second-order valence-electron chi connectivity index (χ2n) is 6.20. The molecule has 0 aromatic carbocycles. The highest BCUT2D eigenvalue weighted by Gasteiger charge is 2.57. The van der Waals surface area contributed by atoms with Gasteiger partial charge in [-0.2, -0.15) is 0 Å². The lowest BCUT2D eigenvalue weighted by atomic mass is 9.92. The van der Waals surface area contributed by atoms with Crippen LogP contribution in [0.1, 0.15) is 46.0 Å². The summed E-state index contributed by atoms with van der Waals surface area (Å²) in [7, 11) is 0. The van der Waals surface area contributed by atoms with Crippen LogP contribution in [0.5, 0.6) is 0 Å². The van der Waals surface area contributed by atoms with Crippen LogP contribution >= 0.6 is 0 Å².